The summed E-state index contributed by atoms with van der Waals surface area (Å²) in [6.45, 7) is 11.8. The van der Waals surface area contributed by atoms with Crippen LogP contribution in [-0.4, -0.2) is 4.57 Å². The molecule has 0 radical (unpaired) electrons. The summed E-state index contributed by atoms with van der Waals surface area (Å²) in [5.74, 6) is 0. The van der Waals surface area contributed by atoms with Crippen LogP contribution in [0.3, 0.4) is 0 Å². The highest BCUT2D eigenvalue weighted by atomic mass is 32.1. The maximum absolute atomic E-state index is 3.58. The average molecular weight is 276 g/mol. The Balaban J connectivity index is 1.96. The Morgan fingerprint density at radius 3 is 2.58 bits per heavy atom. The maximum Gasteiger partial charge on any atom is 0.0305 e. The van der Waals surface area contributed by atoms with Gasteiger partial charge < -0.3 is 9.88 Å². The van der Waals surface area contributed by atoms with Gasteiger partial charge in [0.2, 0.25) is 0 Å². The first kappa shape index (κ1) is 14.4. The molecule has 0 aliphatic heterocycles. The van der Waals surface area contributed by atoms with E-state index in [0.29, 0.717) is 0 Å². The standard InChI is InChI=1S/C16H24N2S/c1-5-14-7-8-19-16(14)11-17-10-15-9-12(3)18(6-2)13(15)4/h7-9,17H,5-6,10-11H2,1-4H3. The van der Waals surface area contributed by atoms with E-state index >= 15 is 0 Å². The van der Waals surface area contributed by atoms with E-state index in [2.05, 4.69) is 55.1 Å². The van der Waals surface area contributed by atoms with E-state index in [0.717, 1.165) is 26.1 Å². The highest BCUT2D eigenvalue weighted by Gasteiger charge is 2.08. The van der Waals surface area contributed by atoms with Gasteiger partial charge in [0.15, 0.2) is 0 Å². The molecule has 2 aromatic rings. The molecule has 0 saturated heterocycles. The van der Waals surface area contributed by atoms with Crippen LogP contribution in [0.15, 0.2) is 17.5 Å². The summed E-state index contributed by atoms with van der Waals surface area (Å²) in [6, 6.07) is 4.55. The Morgan fingerprint density at radius 1 is 1.16 bits per heavy atom. The highest BCUT2D eigenvalue weighted by Crippen LogP contribution is 2.18. The van der Waals surface area contributed by atoms with Crippen LogP contribution in [-0.2, 0) is 26.1 Å². The molecule has 0 spiro atoms. The summed E-state index contributed by atoms with van der Waals surface area (Å²) < 4.78 is 2.37. The average Bonchev–Trinajstić information content (AvgIpc) is 2.95. The van der Waals surface area contributed by atoms with Gasteiger partial charge in [-0.05, 0) is 55.8 Å². The van der Waals surface area contributed by atoms with Crippen molar-refractivity contribution < 1.29 is 0 Å². The largest absolute Gasteiger partial charge is 0.349 e. The maximum atomic E-state index is 3.58. The minimum absolute atomic E-state index is 0.959. The first-order chi connectivity index (χ1) is 9.17. The minimum Gasteiger partial charge on any atom is -0.349 e. The summed E-state index contributed by atoms with van der Waals surface area (Å²) in [5, 5.41) is 5.77. The molecule has 3 heteroatoms. The number of thiophene rings is 1. The third-order valence-corrected chi connectivity index (χ3v) is 4.78. The van der Waals surface area contributed by atoms with Gasteiger partial charge in [0.1, 0.15) is 0 Å². The molecule has 2 rings (SSSR count). The number of nitrogens with zero attached hydrogens (tertiary/aromatic N) is 1. The fraction of sp³-hybridized carbons (Fsp3) is 0.500. The molecule has 2 heterocycles. The van der Waals surface area contributed by atoms with Crippen molar-refractivity contribution in [1.82, 2.24) is 9.88 Å². The van der Waals surface area contributed by atoms with Crippen molar-refractivity contribution in [3.63, 3.8) is 0 Å². The lowest BCUT2D eigenvalue weighted by molar-refractivity contribution is 0.678. The Hall–Kier alpha value is -1.06. The molecular formula is C16H24N2S. The van der Waals surface area contributed by atoms with E-state index in [4.69, 9.17) is 0 Å². The Labute approximate surface area is 120 Å². The lowest BCUT2D eigenvalue weighted by Crippen LogP contribution is -2.13. The predicted octanol–water partition coefficient (Wildman–Crippen LogP) is 4.04. The van der Waals surface area contributed by atoms with Crippen molar-refractivity contribution in [2.45, 2.75) is 53.8 Å². The molecule has 0 fully saturated rings. The third kappa shape index (κ3) is 3.10. The summed E-state index contributed by atoms with van der Waals surface area (Å²) in [6.07, 6.45) is 1.13. The van der Waals surface area contributed by atoms with Crippen molar-refractivity contribution in [3.8, 4) is 0 Å². The molecule has 0 saturated carbocycles. The quantitative estimate of drug-likeness (QED) is 0.842. The summed E-state index contributed by atoms with van der Waals surface area (Å²) in [5.41, 5.74) is 5.67. The minimum atomic E-state index is 0.959. The molecule has 0 bridgehead atoms. The summed E-state index contributed by atoms with van der Waals surface area (Å²) >= 11 is 1.86. The van der Waals surface area contributed by atoms with Gasteiger partial charge in [-0.3, -0.25) is 0 Å². The normalized spacial score (nSPS) is 11.2. The fourth-order valence-corrected chi connectivity index (χ4v) is 3.63. The van der Waals surface area contributed by atoms with Crippen LogP contribution >= 0.6 is 11.3 Å². The Morgan fingerprint density at radius 2 is 1.95 bits per heavy atom. The van der Waals surface area contributed by atoms with Gasteiger partial charge in [-0.25, -0.2) is 0 Å². The van der Waals surface area contributed by atoms with Gasteiger partial charge in [0.25, 0.3) is 0 Å². The summed E-state index contributed by atoms with van der Waals surface area (Å²) in [4.78, 5) is 1.48. The molecule has 0 aliphatic carbocycles. The van der Waals surface area contributed by atoms with E-state index in [9.17, 15) is 0 Å². The second-order valence-electron chi connectivity index (χ2n) is 4.97. The number of aryl methyl sites for hydroxylation is 2. The van der Waals surface area contributed by atoms with Gasteiger partial charge in [-0.15, -0.1) is 11.3 Å². The zero-order chi connectivity index (χ0) is 13.8. The van der Waals surface area contributed by atoms with E-state index in [-0.39, 0.29) is 0 Å². The van der Waals surface area contributed by atoms with Crippen molar-refractivity contribution in [2.75, 3.05) is 0 Å². The SMILES string of the molecule is CCc1ccsc1CNCc1cc(C)n(CC)c1C. The first-order valence-corrected chi connectivity index (χ1v) is 7.96. The van der Waals surface area contributed by atoms with Crippen LogP contribution in [0.1, 0.15) is 41.2 Å². The number of nitrogens with one attached hydrogen (secondary N) is 1. The van der Waals surface area contributed by atoms with Crippen molar-refractivity contribution in [3.05, 3.63) is 44.9 Å². The lowest BCUT2D eigenvalue weighted by Gasteiger charge is -2.07. The number of hydrogen-bond acceptors (Lipinski definition) is 2. The smallest absolute Gasteiger partial charge is 0.0305 e. The molecule has 0 aliphatic rings. The third-order valence-electron chi connectivity index (χ3n) is 3.81. The van der Waals surface area contributed by atoms with E-state index < -0.39 is 0 Å². The van der Waals surface area contributed by atoms with Crippen LogP contribution in [0.5, 0.6) is 0 Å². The Kier molecular flexibility index (Phi) is 4.83. The summed E-state index contributed by atoms with van der Waals surface area (Å²) in [7, 11) is 0. The number of aromatic nitrogens is 1. The van der Waals surface area contributed by atoms with Crippen LogP contribution in [0, 0.1) is 13.8 Å². The van der Waals surface area contributed by atoms with E-state index in [1.165, 1.54) is 27.4 Å². The lowest BCUT2D eigenvalue weighted by atomic mass is 10.2. The first-order valence-electron chi connectivity index (χ1n) is 7.08. The van der Waals surface area contributed by atoms with Gasteiger partial charge in [0.05, 0.1) is 0 Å². The van der Waals surface area contributed by atoms with Gasteiger partial charge in [-0.2, -0.15) is 0 Å². The van der Waals surface area contributed by atoms with Crippen LogP contribution < -0.4 is 5.32 Å². The number of rotatable bonds is 6. The monoisotopic (exact) mass is 276 g/mol. The second kappa shape index (κ2) is 6.40. The zero-order valence-corrected chi connectivity index (χ0v) is 13.2. The molecule has 0 unspecified atom stereocenters. The zero-order valence-electron chi connectivity index (χ0n) is 12.4. The van der Waals surface area contributed by atoms with Gasteiger partial charge in [0, 0.05) is 35.9 Å². The van der Waals surface area contributed by atoms with Crippen molar-refractivity contribution >= 4 is 11.3 Å². The van der Waals surface area contributed by atoms with Gasteiger partial charge >= 0.3 is 0 Å². The fourth-order valence-electron chi connectivity index (χ4n) is 2.69. The van der Waals surface area contributed by atoms with Crippen molar-refractivity contribution in [2.24, 2.45) is 0 Å². The highest BCUT2D eigenvalue weighted by molar-refractivity contribution is 7.10. The molecule has 2 nitrogen and oxygen atoms in total. The molecule has 0 aromatic carbocycles. The molecule has 0 atom stereocenters. The second-order valence-corrected chi connectivity index (χ2v) is 5.97. The van der Waals surface area contributed by atoms with Crippen molar-refractivity contribution in [1.29, 1.82) is 0 Å². The van der Waals surface area contributed by atoms with Gasteiger partial charge in [-0.1, -0.05) is 6.92 Å². The van der Waals surface area contributed by atoms with E-state index in [1.54, 1.807) is 0 Å². The predicted molar refractivity (Wildman–Crippen MR) is 83.8 cm³/mol. The van der Waals surface area contributed by atoms with Crippen LogP contribution in [0.4, 0.5) is 0 Å². The molecule has 2 aromatic heterocycles. The van der Waals surface area contributed by atoms with E-state index in [1.807, 2.05) is 11.3 Å². The molecule has 19 heavy (non-hydrogen) atoms. The Bertz CT molecular complexity index is 537. The topological polar surface area (TPSA) is 17.0 Å². The molecule has 104 valence electrons. The van der Waals surface area contributed by atoms with Crippen LogP contribution in [0.2, 0.25) is 0 Å². The number of hydrogen-bond donors (Lipinski definition) is 1. The molecular weight excluding hydrogens is 252 g/mol. The molecule has 0 amide bonds. The molecule has 1 N–H and O–H groups in total. The van der Waals surface area contributed by atoms with Crippen LogP contribution in [0.25, 0.3) is 0 Å².